The second-order valence-corrected chi connectivity index (χ2v) is 8.67. The van der Waals surface area contributed by atoms with Gasteiger partial charge in [-0.25, -0.2) is 0 Å². The first-order valence-electron chi connectivity index (χ1n) is 10.7. The molecule has 0 aliphatic carbocycles. The number of piperidine rings is 1. The lowest BCUT2D eigenvalue weighted by Gasteiger charge is -2.36. The quantitative estimate of drug-likeness (QED) is 0.789. The number of benzene rings is 2. The summed E-state index contributed by atoms with van der Waals surface area (Å²) in [4.78, 5) is 27.6. The molecule has 0 aromatic heterocycles. The zero-order valence-corrected chi connectivity index (χ0v) is 17.7. The summed E-state index contributed by atoms with van der Waals surface area (Å²) in [6.45, 7) is 7.43. The molecule has 1 saturated heterocycles. The minimum atomic E-state index is -0.491. The molecule has 0 radical (unpaired) electrons. The molecule has 5 heteroatoms. The topological polar surface area (TPSA) is 75.4 Å². The number of carbonyl (C=O) groups is 2. The number of nitrogens with two attached hydrogens (primary N) is 1. The summed E-state index contributed by atoms with van der Waals surface area (Å²) in [6.07, 6.45) is 2.13. The Morgan fingerprint density at radius 1 is 1.07 bits per heavy atom. The van der Waals surface area contributed by atoms with E-state index < -0.39 is 6.04 Å². The lowest BCUT2D eigenvalue weighted by atomic mass is 9.90. The number of rotatable bonds is 6. The van der Waals surface area contributed by atoms with Crippen LogP contribution in [0.1, 0.15) is 39.2 Å². The van der Waals surface area contributed by atoms with Gasteiger partial charge in [0.05, 0.1) is 6.42 Å². The molecule has 5 nitrogen and oxygen atoms in total. The lowest BCUT2D eigenvalue weighted by Crippen LogP contribution is -2.53. The Bertz CT molecular complexity index is 854. The van der Waals surface area contributed by atoms with Crippen molar-refractivity contribution in [3.63, 3.8) is 0 Å². The number of hydrogen-bond acceptors (Lipinski definition) is 3. The van der Waals surface area contributed by atoms with Gasteiger partial charge in [-0.1, -0.05) is 56.3 Å². The van der Waals surface area contributed by atoms with Gasteiger partial charge < -0.3 is 16.0 Å². The fraction of sp³-hybridized carbons (Fsp3) is 0.500. The minimum Gasteiger partial charge on any atom is -0.344 e. The van der Waals surface area contributed by atoms with Crippen LogP contribution in [0.5, 0.6) is 0 Å². The van der Waals surface area contributed by atoms with E-state index in [0.717, 1.165) is 42.3 Å². The van der Waals surface area contributed by atoms with Crippen LogP contribution in [0.2, 0.25) is 0 Å². The van der Waals surface area contributed by atoms with Crippen molar-refractivity contribution in [3.05, 3.63) is 48.0 Å². The van der Waals surface area contributed by atoms with Gasteiger partial charge in [0, 0.05) is 19.1 Å². The monoisotopic (exact) mass is 395 g/mol. The maximum Gasteiger partial charge on any atom is 0.245 e. The van der Waals surface area contributed by atoms with Gasteiger partial charge in [0.2, 0.25) is 11.8 Å². The van der Waals surface area contributed by atoms with E-state index in [1.807, 2.05) is 62.1 Å². The predicted molar refractivity (Wildman–Crippen MR) is 117 cm³/mol. The number of hydrogen-bond donors (Lipinski definition) is 2. The molecule has 2 atom stereocenters. The van der Waals surface area contributed by atoms with Gasteiger partial charge >= 0.3 is 0 Å². The van der Waals surface area contributed by atoms with E-state index in [9.17, 15) is 9.59 Å². The molecule has 3 N–H and O–H groups in total. The van der Waals surface area contributed by atoms with Crippen LogP contribution in [-0.2, 0) is 16.0 Å². The van der Waals surface area contributed by atoms with Crippen LogP contribution in [0.3, 0.4) is 0 Å². The van der Waals surface area contributed by atoms with E-state index in [0.29, 0.717) is 5.92 Å². The second-order valence-electron chi connectivity index (χ2n) is 8.67. The Balaban J connectivity index is 1.61. The third kappa shape index (κ3) is 5.36. The first-order valence-corrected chi connectivity index (χ1v) is 10.7. The van der Waals surface area contributed by atoms with Gasteiger partial charge in [0.1, 0.15) is 6.04 Å². The normalized spacial score (nSPS) is 17.3. The fourth-order valence-electron chi connectivity index (χ4n) is 4.11. The summed E-state index contributed by atoms with van der Waals surface area (Å²) in [5, 5.41) is 5.26. The fourth-order valence-corrected chi connectivity index (χ4v) is 4.11. The molecule has 3 rings (SSSR count). The van der Waals surface area contributed by atoms with Gasteiger partial charge in [0.25, 0.3) is 0 Å². The molecule has 1 aliphatic heterocycles. The highest BCUT2D eigenvalue weighted by Gasteiger charge is 2.31. The van der Waals surface area contributed by atoms with Crippen LogP contribution >= 0.6 is 0 Å². The summed E-state index contributed by atoms with van der Waals surface area (Å²) >= 11 is 0. The van der Waals surface area contributed by atoms with Crippen molar-refractivity contribution in [3.8, 4) is 0 Å². The minimum absolute atomic E-state index is 0.0231. The second kappa shape index (κ2) is 9.40. The standard InChI is InChI=1S/C24H33N3O2/c1-16(2)23(24(29)27-12-10-19(11-13-27)17(3)25)26-22(28)15-18-8-9-20-6-4-5-7-21(20)14-18/h4-9,14,16-17,19,23H,10-13,15,25H2,1-3H3,(H,26,28). The van der Waals surface area contributed by atoms with Crippen LogP contribution in [-0.4, -0.2) is 41.9 Å². The van der Waals surface area contributed by atoms with E-state index in [1.165, 1.54) is 0 Å². The average molecular weight is 396 g/mol. The molecular weight excluding hydrogens is 362 g/mol. The van der Waals surface area contributed by atoms with E-state index in [4.69, 9.17) is 5.73 Å². The van der Waals surface area contributed by atoms with Crippen molar-refractivity contribution in [2.24, 2.45) is 17.6 Å². The zero-order valence-electron chi connectivity index (χ0n) is 17.7. The summed E-state index contributed by atoms with van der Waals surface area (Å²) in [5.41, 5.74) is 6.96. The van der Waals surface area contributed by atoms with Crippen LogP contribution in [0.25, 0.3) is 10.8 Å². The summed E-state index contributed by atoms with van der Waals surface area (Å²) < 4.78 is 0. The lowest BCUT2D eigenvalue weighted by molar-refractivity contribution is -0.138. The Morgan fingerprint density at radius 2 is 1.72 bits per heavy atom. The van der Waals surface area contributed by atoms with Crippen molar-refractivity contribution < 1.29 is 9.59 Å². The number of likely N-dealkylation sites (tertiary alicyclic amines) is 1. The highest BCUT2D eigenvalue weighted by atomic mass is 16.2. The number of nitrogens with zero attached hydrogens (tertiary/aromatic N) is 1. The van der Waals surface area contributed by atoms with Gasteiger partial charge in [-0.15, -0.1) is 0 Å². The van der Waals surface area contributed by atoms with Gasteiger partial charge in [-0.05, 0) is 47.9 Å². The van der Waals surface area contributed by atoms with Crippen molar-refractivity contribution in [1.29, 1.82) is 0 Å². The molecule has 1 fully saturated rings. The summed E-state index contributed by atoms with van der Waals surface area (Å²) in [7, 11) is 0. The largest absolute Gasteiger partial charge is 0.344 e. The first-order chi connectivity index (χ1) is 13.8. The van der Waals surface area contributed by atoms with E-state index in [1.54, 1.807) is 0 Å². The molecule has 1 heterocycles. The maximum atomic E-state index is 13.1. The SMILES string of the molecule is CC(C)C(NC(=O)Cc1ccc2ccccc2c1)C(=O)N1CCC(C(C)N)CC1. The van der Waals surface area contributed by atoms with Crippen LogP contribution in [0, 0.1) is 11.8 Å². The molecule has 0 spiro atoms. The molecule has 2 aromatic rings. The highest BCUT2D eigenvalue weighted by Crippen LogP contribution is 2.21. The van der Waals surface area contributed by atoms with Crippen molar-refractivity contribution in [1.82, 2.24) is 10.2 Å². The summed E-state index contributed by atoms with van der Waals surface area (Å²) in [5.74, 6) is 0.418. The molecule has 2 unspecified atom stereocenters. The maximum absolute atomic E-state index is 13.1. The Morgan fingerprint density at radius 3 is 2.34 bits per heavy atom. The molecule has 0 saturated carbocycles. The molecule has 2 amide bonds. The van der Waals surface area contributed by atoms with E-state index in [2.05, 4.69) is 11.4 Å². The first kappa shape index (κ1) is 21.3. The molecule has 29 heavy (non-hydrogen) atoms. The van der Waals surface area contributed by atoms with Crippen LogP contribution < -0.4 is 11.1 Å². The number of amides is 2. The predicted octanol–water partition coefficient (Wildman–Crippen LogP) is 3.11. The third-order valence-corrected chi connectivity index (χ3v) is 6.02. The molecule has 1 aliphatic rings. The summed E-state index contributed by atoms with van der Waals surface area (Å²) in [6, 6.07) is 13.8. The average Bonchev–Trinajstić information content (AvgIpc) is 2.71. The number of carbonyl (C=O) groups excluding carboxylic acids is 2. The number of fused-ring (bicyclic) bond motifs is 1. The van der Waals surface area contributed by atoms with E-state index >= 15 is 0 Å². The Hall–Kier alpha value is -2.40. The third-order valence-electron chi connectivity index (χ3n) is 6.02. The Labute approximate surface area is 173 Å². The zero-order chi connectivity index (χ0) is 21.0. The van der Waals surface area contributed by atoms with Gasteiger partial charge in [-0.3, -0.25) is 9.59 Å². The molecule has 2 aromatic carbocycles. The van der Waals surface area contributed by atoms with Gasteiger partial charge in [0.15, 0.2) is 0 Å². The molecular formula is C24H33N3O2. The highest BCUT2D eigenvalue weighted by molar-refractivity contribution is 5.89. The Kier molecular flexibility index (Phi) is 6.91. The van der Waals surface area contributed by atoms with Crippen LogP contribution in [0.4, 0.5) is 0 Å². The van der Waals surface area contributed by atoms with E-state index in [-0.39, 0.29) is 30.2 Å². The number of nitrogens with one attached hydrogen (secondary N) is 1. The van der Waals surface area contributed by atoms with Crippen molar-refractivity contribution in [2.75, 3.05) is 13.1 Å². The van der Waals surface area contributed by atoms with Crippen LogP contribution in [0.15, 0.2) is 42.5 Å². The van der Waals surface area contributed by atoms with Crippen molar-refractivity contribution >= 4 is 22.6 Å². The van der Waals surface area contributed by atoms with Crippen molar-refractivity contribution in [2.45, 2.75) is 52.1 Å². The molecule has 156 valence electrons. The smallest absolute Gasteiger partial charge is 0.245 e. The van der Waals surface area contributed by atoms with Gasteiger partial charge in [-0.2, -0.15) is 0 Å². The molecule has 0 bridgehead atoms.